The Balaban J connectivity index is 1.86. The molecule has 0 radical (unpaired) electrons. The van der Waals surface area contributed by atoms with Crippen LogP contribution in [0.4, 0.5) is 5.95 Å². The summed E-state index contributed by atoms with van der Waals surface area (Å²) in [4.78, 5) is 8.15. The molecule has 150 valence electrons. The Morgan fingerprint density at radius 2 is 1.31 bits per heavy atom. The predicted molar refractivity (Wildman–Crippen MR) is 109 cm³/mol. The van der Waals surface area contributed by atoms with Gasteiger partial charge in [-0.05, 0) is 6.42 Å². The van der Waals surface area contributed by atoms with Crippen LogP contribution in [0.25, 0.3) is 0 Å². The first-order valence-corrected chi connectivity index (χ1v) is 10.8. The second kappa shape index (κ2) is 15.7. The molecule has 0 aromatic carbocycles. The Hall–Kier alpha value is -1.52. The van der Waals surface area contributed by atoms with E-state index in [0.29, 0.717) is 5.49 Å². The summed E-state index contributed by atoms with van der Waals surface area (Å²) in [6.45, 7) is 3.00. The Bertz CT molecular complexity index is 513. The van der Waals surface area contributed by atoms with Crippen LogP contribution in [0.3, 0.4) is 0 Å². The van der Waals surface area contributed by atoms with Crippen molar-refractivity contribution in [3.8, 4) is 0 Å². The molecule has 0 unspecified atom stereocenters. The summed E-state index contributed by atoms with van der Waals surface area (Å²) in [6.07, 6.45) is 21.9. The van der Waals surface area contributed by atoms with Gasteiger partial charge in [0.25, 0.3) is 0 Å². The molecule has 5 nitrogen and oxygen atoms in total. The fraction of sp³-hybridized carbons (Fsp3) is 0.810. The van der Waals surface area contributed by atoms with Gasteiger partial charge in [-0.3, -0.25) is 4.99 Å². The molecule has 0 aliphatic carbocycles. The quantitative estimate of drug-likeness (QED) is 0.301. The van der Waals surface area contributed by atoms with E-state index >= 15 is 0 Å². The van der Waals surface area contributed by atoms with Gasteiger partial charge in [-0.25, -0.2) is 4.98 Å². The predicted octanol–water partition coefficient (Wildman–Crippen LogP) is 5.47. The summed E-state index contributed by atoms with van der Waals surface area (Å²) >= 11 is 0. The first kappa shape index (κ1) is 22.5. The van der Waals surface area contributed by atoms with Crippen LogP contribution in [0, 0.1) is 0 Å². The molecule has 1 heterocycles. The third kappa shape index (κ3) is 11.2. The summed E-state index contributed by atoms with van der Waals surface area (Å²) in [5, 5.41) is 9.66. The number of nitrogens with two attached hydrogens (primary N) is 1. The van der Waals surface area contributed by atoms with Gasteiger partial charge < -0.3 is 10.9 Å². The molecule has 0 fully saturated rings. The van der Waals surface area contributed by atoms with Crippen LogP contribution in [-0.2, 0) is 0 Å². The van der Waals surface area contributed by atoms with Crippen molar-refractivity contribution in [3.63, 3.8) is 0 Å². The Morgan fingerprint density at radius 3 is 1.81 bits per heavy atom. The van der Waals surface area contributed by atoms with Gasteiger partial charge >= 0.3 is 0 Å². The number of unbranched alkanes of at least 4 members (excludes halogenated alkanes) is 14. The number of hydrogen-bond donors (Lipinski definition) is 2. The fourth-order valence-corrected chi connectivity index (χ4v) is 3.22. The smallest absolute Gasteiger partial charge is 0.236 e. The van der Waals surface area contributed by atoms with E-state index < -0.39 is 0 Å². The topological polar surface area (TPSA) is 76.4 Å². The average molecular weight is 365 g/mol. The molecule has 26 heavy (non-hydrogen) atoms. The van der Waals surface area contributed by atoms with Gasteiger partial charge in [0.05, 0.1) is 0 Å². The van der Waals surface area contributed by atoms with E-state index in [9.17, 15) is 5.21 Å². The molecular formula is C21H40N4O. The van der Waals surface area contributed by atoms with E-state index in [2.05, 4.69) is 16.9 Å². The highest BCUT2D eigenvalue weighted by Gasteiger charge is 1.96. The first-order chi connectivity index (χ1) is 12.8. The van der Waals surface area contributed by atoms with E-state index in [4.69, 9.17) is 5.73 Å². The van der Waals surface area contributed by atoms with E-state index in [1.807, 2.05) is 0 Å². The maximum Gasteiger partial charge on any atom is 0.236 e. The minimum Gasteiger partial charge on any atom is -0.423 e. The second-order valence-corrected chi connectivity index (χ2v) is 7.30. The highest BCUT2D eigenvalue weighted by molar-refractivity contribution is 5.13. The number of rotatable bonds is 16. The lowest BCUT2D eigenvalue weighted by Crippen LogP contribution is -2.22. The molecule has 0 aliphatic heterocycles. The molecule has 0 saturated carbocycles. The normalized spacial score (nSPS) is 12.0. The van der Waals surface area contributed by atoms with Gasteiger partial charge in [0.2, 0.25) is 5.95 Å². The highest BCUT2D eigenvalue weighted by atomic mass is 16.5. The van der Waals surface area contributed by atoms with E-state index in [0.717, 1.165) is 17.7 Å². The lowest BCUT2D eigenvalue weighted by molar-refractivity contribution is 0.175. The lowest BCUT2D eigenvalue weighted by Gasteiger charge is -2.03. The number of nitrogen functional groups attached to an aromatic ring is 1. The zero-order valence-corrected chi connectivity index (χ0v) is 16.8. The molecule has 3 N–H and O–H groups in total. The molecule has 1 aromatic rings. The van der Waals surface area contributed by atoms with Crippen molar-refractivity contribution >= 4 is 5.95 Å². The van der Waals surface area contributed by atoms with Gasteiger partial charge in [0.15, 0.2) is 5.49 Å². The minimum atomic E-state index is 0.0720. The minimum absolute atomic E-state index is 0.0720. The molecule has 0 amide bonds. The fourth-order valence-electron chi connectivity index (χ4n) is 3.22. The molecule has 0 bridgehead atoms. The SMILES string of the molecule is CCCCCCCCCCCCCCCCCN=c1ccnc(N)n1O. The Kier molecular flexibility index (Phi) is 13.6. The van der Waals surface area contributed by atoms with Gasteiger partial charge in [-0.2, -0.15) is 0 Å². The number of nitrogens with zero attached hydrogens (tertiary/aromatic N) is 3. The van der Waals surface area contributed by atoms with Gasteiger partial charge in [-0.1, -0.05) is 96.8 Å². The van der Waals surface area contributed by atoms with Crippen molar-refractivity contribution in [2.24, 2.45) is 4.99 Å². The van der Waals surface area contributed by atoms with Crippen LogP contribution in [0.15, 0.2) is 17.3 Å². The van der Waals surface area contributed by atoms with Crippen molar-refractivity contribution < 1.29 is 5.21 Å². The zero-order chi connectivity index (χ0) is 18.9. The van der Waals surface area contributed by atoms with Crippen LogP contribution < -0.4 is 11.2 Å². The lowest BCUT2D eigenvalue weighted by atomic mass is 10.0. The van der Waals surface area contributed by atoms with E-state index in [-0.39, 0.29) is 5.95 Å². The van der Waals surface area contributed by atoms with Crippen LogP contribution >= 0.6 is 0 Å². The maximum atomic E-state index is 9.66. The Morgan fingerprint density at radius 1 is 0.846 bits per heavy atom. The number of aromatic nitrogens is 2. The highest BCUT2D eigenvalue weighted by Crippen LogP contribution is 2.13. The van der Waals surface area contributed by atoms with Crippen molar-refractivity contribution in [3.05, 3.63) is 17.8 Å². The number of anilines is 1. The molecule has 5 heteroatoms. The summed E-state index contributed by atoms with van der Waals surface area (Å²) in [5.41, 5.74) is 6.00. The number of hydrogen-bond acceptors (Lipinski definition) is 4. The second-order valence-electron chi connectivity index (χ2n) is 7.30. The molecular weight excluding hydrogens is 324 g/mol. The van der Waals surface area contributed by atoms with Crippen molar-refractivity contribution in [1.82, 2.24) is 9.71 Å². The van der Waals surface area contributed by atoms with E-state index in [1.54, 1.807) is 12.3 Å². The summed E-state index contributed by atoms with van der Waals surface area (Å²) < 4.78 is 0.838. The van der Waals surface area contributed by atoms with Gasteiger partial charge in [0, 0.05) is 18.8 Å². The van der Waals surface area contributed by atoms with E-state index in [1.165, 1.54) is 89.9 Å². The summed E-state index contributed by atoms with van der Waals surface area (Å²) in [6, 6.07) is 1.67. The zero-order valence-electron chi connectivity index (χ0n) is 16.8. The molecule has 1 rings (SSSR count). The van der Waals surface area contributed by atoms with Crippen molar-refractivity contribution in [2.45, 2.75) is 103 Å². The molecule has 0 aliphatic rings. The van der Waals surface area contributed by atoms with Crippen molar-refractivity contribution in [2.75, 3.05) is 12.3 Å². The van der Waals surface area contributed by atoms with Crippen LogP contribution in [0.2, 0.25) is 0 Å². The van der Waals surface area contributed by atoms with Crippen molar-refractivity contribution in [1.29, 1.82) is 0 Å². The average Bonchev–Trinajstić information content (AvgIpc) is 2.64. The molecule has 0 saturated heterocycles. The summed E-state index contributed by atoms with van der Waals surface area (Å²) in [7, 11) is 0. The van der Waals surface area contributed by atoms with Crippen LogP contribution in [0.1, 0.15) is 103 Å². The third-order valence-electron chi connectivity index (χ3n) is 4.90. The largest absolute Gasteiger partial charge is 0.423 e. The van der Waals surface area contributed by atoms with Crippen LogP contribution in [0.5, 0.6) is 0 Å². The summed E-state index contributed by atoms with van der Waals surface area (Å²) in [5.74, 6) is 0.0720. The monoisotopic (exact) mass is 364 g/mol. The Labute approximate surface area is 159 Å². The van der Waals surface area contributed by atoms with Gasteiger partial charge in [-0.15, -0.1) is 4.73 Å². The molecule has 0 spiro atoms. The first-order valence-electron chi connectivity index (χ1n) is 10.8. The van der Waals surface area contributed by atoms with Crippen LogP contribution in [-0.4, -0.2) is 21.5 Å². The maximum absolute atomic E-state index is 9.66. The molecule has 1 aromatic heterocycles. The van der Waals surface area contributed by atoms with Gasteiger partial charge in [0.1, 0.15) is 0 Å². The third-order valence-corrected chi connectivity index (χ3v) is 4.90. The molecule has 0 atom stereocenters. The standard InChI is InChI=1S/C21H40N4O/c1-2-3-4-5-6-7-8-9-10-11-12-13-14-15-16-18-23-20-17-19-24-21(22)25(20)26/h17,19,26H,2-16,18H2,1H3,(H2,22,24).